The van der Waals surface area contributed by atoms with Gasteiger partial charge in [-0.05, 0) is 36.8 Å². The van der Waals surface area contributed by atoms with Crippen LogP contribution in [0.2, 0.25) is 5.02 Å². The summed E-state index contributed by atoms with van der Waals surface area (Å²) in [5.41, 5.74) is 12.1. The summed E-state index contributed by atoms with van der Waals surface area (Å²) in [6, 6.07) is 11.1. The van der Waals surface area contributed by atoms with Gasteiger partial charge in [-0.2, -0.15) is 0 Å². The highest BCUT2D eigenvalue weighted by Gasteiger charge is 2.04. The molecule has 0 unspecified atom stereocenters. The first kappa shape index (κ1) is 15.0. The molecular formula is C14H14ClFN2O. The fourth-order valence-corrected chi connectivity index (χ4v) is 1.45. The molecule has 1 amide bonds. The van der Waals surface area contributed by atoms with Crippen LogP contribution < -0.4 is 11.5 Å². The quantitative estimate of drug-likeness (QED) is 0.788. The third kappa shape index (κ3) is 4.60. The molecule has 0 spiro atoms. The number of benzene rings is 2. The SMILES string of the molecule is Cc1ccc(Cl)cc1N.NC(=O)c1ccccc1F. The molecule has 0 fully saturated rings. The molecular weight excluding hydrogens is 267 g/mol. The molecule has 19 heavy (non-hydrogen) atoms. The van der Waals surface area contributed by atoms with Gasteiger partial charge in [-0.1, -0.05) is 29.8 Å². The number of carbonyl (C=O) groups is 1. The minimum atomic E-state index is -0.738. The van der Waals surface area contributed by atoms with Gasteiger partial charge in [0, 0.05) is 10.7 Å². The van der Waals surface area contributed by atoms with Crippen LogP contribution in [0.25, 0.3) is 0 Å². The second kappa shape index (κ2) is 6.75. The van der Waals surface area contributed by atoms with Crippen LogP contribution in [-0.2, 0) is 0 Å². The van der Waals surface area contributed by atoms with Crippen molar-refractivity contribution in [2.24, 2.45) is 5.73 Å². The van der Waals surface area contributed by atoms with Gasteiger partial charge in [0.25, 0.3) is 5.91 Å². The van der Waals surface area contributed by atoms with Gasteiger partial charge >= 0.3 is 0 Å². The van der Waals surface area contributed by atoms with E-state index in [2.05, 4.69) is 0 Å². The first-order valence-electron chi connectivity index (χ1n) is 5.47. The van der Waals surface area contributed by atoms with Crippen molar-refractivity contribution in [3.05, 3.63) is 64.4 Å². The fourth-order valence-electron chi connectivity index (χ4n) is 1.27. The van der Waals surface area contributed by atoms with E-state index < -0.39 is 11.7 Å². The standard InChI is InChI=1S/C7H8ClN.C7H6FNO/c1-5-2-3-6(8)4-7(5)9;8-6-4-2-1-3-5(6)7(9)10/h2-4H,9H2,1H3;1-4H,(H2,9,10). The summed E-state index contributed by atoms with van der Waals surface area (Å²) in [6.45, 7) is 1.95. The first-order valence-corrected chi connectivity index (χ1v) is 5.85. The van der Waals surface area contributed by atoms with E-state index in [1.807, 2.05) is 19.1 Å². The normalized spacial score (nSPS) is 9.42. The van der Waals surface area contributed by atoms with E-state index in [-0.39, 0.29) is 5.56 Å². The Labute approximate surface area is 116 Å². The summed E-state index contributed by atoms with van der Waals surface area (Å²) >= 11 is 5.64. The van der Waals surface area contributed by atoms with Crippen LogP contribution in [0.15, 0.2) is 42.5 Å². The monoisotopic (exact) mass is 280 g/mol. The van der Waals surface area contributed by atoms with Crippen molar-refractivity contribution in [3.63, 3.8) is 0 Å². The lowest BCUT2D eigenvalue weighted by Crippen LogP contribution is -2.12. The Morgan fingerprint density at radius 2 is 1.84 bits per heavy atom. The molecule has 0 atom stereocenters. The molecule has 0 aliphatic heterocycles. The van der Waals surface area contributed by atoms with Crippen molar-refractivity contribution in [2.75, 3.05) is 5.73 Å². The Bertz CT molecular complexity index is 587. The van der Waals surface area contributed by atoms with Gasteiger partial charge in [0.15, 0.2) is 0 Å². The molecule has 4 N–H and O–H groups in total. The maximum Gasteiger partial charge on any atom is 0.251 e. The number of carbonyl (C=O) groups excluding carboxylic acids is 1. The van der Waals surface area contributed by atoms with E-state index in [4.69, 9.17) is 23.1 Å². The first-order chi connectivity index (χ1) is 8.91. The predicted octanol–water partition coefficient (Wildman–Crippen LogP) is 3.16. The molecule has 0 saturated heterocycles. The van der Waals surface area contributed by atoms with Crippen LogP contribution in [0, 0.1) is 12.7 Å². The number of primary amides is 1. The maximum atomic E-state index is 12.5. The number of rotatable bonds is 1. The molecule has 0 aliphatic rings. The minimum absolute atomic E-state index is 0.0671. The van der Waals surface area contributed by atoms with Crippen molar-refractivity contribution < 1.29 is 9.18 Å². The Morgan fingerprint density at radius 3 is 2.26 bits per heavy atom. The zero-order valence-corrected chi connectivity index (χ0v) is 11.1. The van der Waals surface area contributed by atoms with Crippen molar-refractivity contribution in [1.82, 2.24) is 0 Å². The largest absolute Gasteiger partial charge is 0.398 e. The van der Waals surface area contributed by atoms with Crippen LogP contribution in [0.5, 0.6) is 0 Å². The van der Waals surface area contributed by atoms with E-state index in [0.717, 1.165) is 11.3 Å². The number of nitrogens with two attached hydrogens (primary N) is 2. The summed E-state index contributed by atoms with van der Waals surface area (Å²) in [7, 11) is 0. The van der Waals surface area contributed by atoms with E-state index >= 15 is 0 Å². The van der Waals surface area contributed by atoms with E-state index in [9.17, 15) is 9.18 Å². The van der Waals surface area contributed by atoms with E-state index in [1.54, 1.807) is 12.1 Å². The Hall–Kier alpha value is -2.07. The van der Waals surface area contributed by atoms with E-state index in [0.29, 0.717) is 5.02 Å². The molecule has 0 saturated carbocycles. The van der Waals surface area contributed by atoms with Crippen LogP contribution in [0.4, 0.5) is 10.1 Å². The Balaban J connectivity index is 0.000000191. The van der Waals surface area contributed by atoms with Crippen molar-refractivity contribution in [3.8, 4) is 0 Å². The summed E-state index contributed by atoms with van der Waals surface area (Å²) in [4.78, 5) is 10.4. The molecule has 3 nitrogen and oxygen atoms in total. The second-order valence-corrected chi connectivity index (χ2v) is 4.28. The lowest BCUT2D eigenvalue weighted by Gasteiger charge is -1.97. The molecule has 2 aromatic rings. The average Bonchev–Trinajstić information content (AvgIpc) is 2.35. The molecule has 0 radical (unpaired) electrons. The van der Waals surface area contributed by atoms with Gasteiger partial charge in [0.1, 0.15) is 5.82 Å². The van der Waals surface area contributed by atoms with Crippen molar-refractivity contribution in [2.45, 2.75) is 6.92 Å². The van der Waals surface area contributed by atoms with Crippen LogP contribution >= 0.6 is 11.6 Å². The Morgan fingerprint density at radius 1 is 1.21 bits per heavy atom. The van der Waals surface area contributed by atoms with E-state index in [1.165, 1.54) is 18.2 Å². The summed E-state index contributed by atoms with van der Waals surface area (Å²) in [6.07, 6.45) is 0. The van der Waals surface area contributed by atoms with Gasteiger partial charge in [0.2, 0.25) is 0 Å². The molecule has 0 aromatic heterocycles. The zero-order valence-electron chi connectivity index (χ0n) is 10.4. The van der Waals surface area contributed by atoms with Crippen LogP contribution in [0.3, 0.4) is 0 Å². The molecule has 2 rings (SSSR count). The lowest BCUT2D eigenvalue weighted by molar-refractivity contribution is 0.0996. The minimum Gasteiger partial charge on any atom is -0.398 e. The smallest absolute Gasteiger partial charge is 0.251 e. The van der Waals surface area contributed by atoms with Crippen LogP contribution in [0.1, 0.15) is 15.9 Å². The van der Waals surface area contributed by atoms with Crippen LogP contribution in [-0.4, -0.2) is 5.91 Å². The highest BCUT2D eigenvalue weighted by atomic mass is 35.5. The second-order valence-electron chi connectivity index (χ2n) is 3.85. The molecule has 0 aliphatic carbocycles. The lowest BCUT2D eigenvalue weighted by atomic mass is 10.2. The third-order valence-electron chi connectivity index (χ3n) is 2.38. The number of halogens is 2. The number of amides is 1. The topological polar surface area (TPSA) is 69.1 Å². The molecule has 5 heteroatoms. The Kier molecular flexibility index (Phi) is 5.33. The number of aryl methyl sites for hydroxylation is 1. The number of hydrogen-bond donors (Lipinski definition) is 2. The van der Waals surface area contributed by atoms with Gasteiger partial charge in [0.05, 0.1) is 5.56 Å². The number of hydrogen-bond acceptors (Lipinski definition) is 2. The summed E-state index contributed by atoms with van der Waals surface area (Å²) in [5.74, 6) is -1.31. The highest BCUT2D eigenvalue weighted by Crippen LogP contribution is 2.16. The van der Waals surface area contributed by atoms with Crippen molar-refractivity contribution >= 4 is 23.2 Å². The zero-order chi connectivity index (χ0) is 14.4. The van der Waals surface area contributed by atoms with Gasteiger partial charge < -0.3 is 11.5 Å². The predicted molar refractivity (Wildman–Crippen MR) is 75.5 cm³/mol. The van der Waals surface area contributed by atoms with Crippen molar-refractivity contribution in [1.29, 1.82) is 0 Å². The maximum absolute atomic E-state index is 12.5. The fraction of sp³-hybridized carbons (Fsp3) is 0.0714. The molecule has 0 heterocycles. The number of nitrogen functional groups attached to an aromatic ring is 1. The van der Waals surface area contributed by atoms with Gasteiger partial charge in [-0.15, -0.1) is 0 Å². The van der Waals surface area contributed by atoms with Gasteiger partial charge in [-0.25, -0.2) is 4.39 Å². The summed E-state index contributed by atoms with van der Waals surface area (Å²) in [5, 5.41) is 0.693. The molecule has 100 valence electrons. The van der Waals surface area contributed by atoms with Gasteiger partial charge in [-0.3, -0.25) is 4.79 Å². The molecule has 0 bridgehead atoms. The molecule has 2 aromatic carbocycles. The highest BCUT2D eigenvalue weighted by molar-refractivity contribution is 6.30. The summed E-state index contributed by atoms with van der Waals surface area (Å²) < 4.78 is 12.5. The average molecular weight is 281 g/mol. The number of anilines is 1. The third-order valence-corrected chi connectivity index (χ3v) is 2.62.